The summed E-state index contributed by atoms with van der Waals surface area (Å²) in [6.07, 6.45) is -1.53. The van der Waals surface area contributed by atoms with Gasteiger partial charge in [0.15, 0.2) is 23.8 Å². The van der Waals surface area contributed by atoms with E-state index in [1.165, 1.54) is 11.0 Å². The van der Waals surface area contributed by atoms with Gasteiger partial charge in [0.05, 0.1) is 13.2 Å². The maximum Gasteiger partial charge on any atom is 0.334 e. The van der Waals surface area contributed by atoms with Gasteiger partial charge < -0.3 is 19.5 Å². The number of halogens is 1. The molecule has 1 aromatic carbocycles. The summed E-state index contributed by atoms with van der Waals surface area (Å²) in [4.78, 5) is 24.7. The lowest BCUT2D eigenvalue weighted by Gasteiger charge is -2.32. The highest BCUT2D eigenvalue weighted by Gasteiger charge is 2.37. The number of para-hydroxylation sites is 1. The van der Waals surface area contributed by atoms with E-state index in [-0.39, 0.29) is 24.8 Å². The van der Waals surface area contributed by atoms with Gasteiger partial charge in [-0.15, -0.1) is 0 Å². The van der Waals surface area contributed by atoms with Crippen LogP contribution in [0.1, 0.15) is 5.56 Å². The van der Waals surface area contributed by atoms with Crippen LogP contribution in [0.3, 0.4) is 0 Å². The van der Waals surface area contributed by atoms with Crippen LogP contribution < -0.4 is 4.74 Å². The maximum atomic E-state index is 13.6. The summed E-state index contributed by atoms with van der Waals surface area (Å²) < 4.78 is 24.1. The average molecular weight is 295 g/mol. The molecule has 1 saturated heterocycles. The second kappa shape index (κ2) is 5.33. The molecule has 0 spiro atoms. The Balaban J connectivity index is 1.70. The van der Waals surface area contributed by atoms with Crippen molar-refractivity contribution < 1.29 is 28.6 Å². The Kier molecular flexibility index (Phi) is 3.50. The van der Waals surface area contributed by atoms with Gasteiger partial charge in [-0.05, 0) is 6.07 Å². The molecule has 2 atom stereocenters. The second-order valence-electron chi connectivity index (χ2n) is 5.02. The molecular weight excluding hydrogens is 281 g/mol. The highest BCUT2D eigenvalue weighted by atomic mass is 19.1. The standard InChI is InChI=1S/C14H14FNO5/c15-9-3-1-2-8-6-10(21-12(8)9)13(17)16-4-5-20-11(7-16)14(18)19/h1-3,10-11H,4-7H2,(H,18,19)/t10-,11-/m1/s1. The van der Waals surface area contributed by atoms with Crippen molar-refractivity contribution in [3.63, 3.8) is 0 Å². The first-order chi connectivity index (χ1) is 10.1. The predicted molar refractivity (Wildman–Crippen MR) is 68.5 cm³/mol. The second-order valence-corrected chi connectivity index (χ2v) is 5.02. The summed E-state index contributed by atoms with van der Waals surface area (Å²) in [7, 11) is 0. The molecule has 0 saturated carbocycles. The number of benzene rings is 1. The highest BCUT2D eigenvalue weighted by molar-refractivity contribution is 5.83. The number of rotatable bonds is 2. The minimum absolute atomic E-state index is 0.0210. The van der Waals surface area contributed by atoms with E-state index in [1.807, 2.05) is 0 Å². The molecule has 2 heterocycles. The largest absolute Gasteiger partial charge is 0.479 e. The lowest BCUT2D eigenvalue weighted by Crippen LogP contribution is -2.52. The fraction of sp³-hybridized carbons (Fsp3) is 0.429. The molecule has 0 unspecified atom stereocenters. The number of carbonyl (C=O) groups is 2. The van der Waals surface area contributed by atoms with Crippen LogP contribution in [0, 0.1) is 5.82 Å². The maximum absolute atomic E-state index is 13.6. The number of aliphatic carboxylic acids is 1. The summed E-state index contributed by atoms with van der Waals surface area (Å²) >= 11 is 0. The van der Waals surface area contributed by atoms with Crippen LogP contribution in [0.15, 0.2) is 18.2 Å². The van der Waals surface area contributed by atoms with E-state index in [1.54, 1.807) is 12.1 Å². The monoisotopic (exact) mass is 295 g/mol. The Bertz CT molecular complexity index is 591. The number of carbonyl (C=O) groups excluding carboxylic acids is 1. The molecule has 1 amide bonds. The van der Waals surface area contributed by atoms with Crippen LogP contribution in [0.2, 0.25) is 0 Å². The predicted octanol–water partition coefficient (Wildman–Crippen LogP) is 0.441. The zero-order chi connectivity index (χ0) is 15.0. The van der Waals surface area contributed by atoms with Crippen molar-refractivity contribution in [3.05, 3.63) is 29.6 Å². The van der Waals surface area contributed by atoms with Gasteiger partial charge in [-0.25, -0.2) is 9.18 Å². The van der Waals surface area contributed by atoms with Gasteiger partial charge in [0.1, 0.15) is 0 Å². The van der Waals surface area contributed by atoms with Gasteiger partial charge in [0.2, 0.25) is 0 Å². The van der Waals surface area contributed by atoms with Crippen molar-refractivity contribution in [3.8, 4) is 5.75 Å². The van der Waals surface area contributed by atoms with Crippen LogP contribution in [0.25, 0.3) is 0 Å². The molecule has 1 aromatic rings. The van der Waals surface area contributed by atoms with Gasteiger partial charge in [-0.2, -0.15) is 0 Å². The third-order valence-corrected chi connectivity index (χ3v) is 3.64. The first kappa shape index (κ1) is 13.8. The number of carboxylic acid groups (broad SMARTS) is 1. The minimum Gasteiger partial charge on any atom is -0.479 e. The average Bonchev–Trinajstić information content (AvgIpc) is 2.92. The number of amides is 1. The fourth-order valence-corrected chi connectivity index (χ4v) is 2.57. The van der Waals surface area contributed by atoms with Gasteiger partial charge >= 0.3 is 5.97 Å². The molecular formula is C14H14FNO5. The summed E-state index contributed by atoms with van der Waals surface area (Å²) in [5.74, 6) is -1.82. The molecule has 7 heteroatoms. The van der Waals surface area contributed by atoms with Crippen molar-refractivity contribution in [1.82, 2.24) is 4.90 Å². The number of ether oxygens (including phenoxy) is 2. The van der Waals surface area contributed by atoms with E-state index in [0.717, 1.165) is 0 Å². The number of hydrogen-bond donors (Lipinski definition) is 1. The summed E-state index contributed by atoms with van der Waals surface area (Å²) in [6.45, 7) is 0.449. The molecule has 1 fully saturated rings. The molecule has 6 nitrogen and oxygen atoms in total. The fourth-order valence-electron chi connectivity index (χ4n) is 2.57. The Labute approximate surface area is 120 Å². The molecule has 0 bridgehead atoms. The quantitative estimate of drug-likeness (QED) is 0.857. The van der Waals surface area contributed by atoms with Crippen molar-refractivity contribution in [2.75, 3.05) is 19.7 Å². The molecule has 21 heavy (non-hydrogen) atoms. The van der Waals surface area contributed by atoms with E-state index in [2.05, 4.69) is 0 Å². The zero-order valence-corrected chi connectivity index (χ0v) is 11.1. The first-order valence-electron chi connectivity index (χ1n) is 6.63. The smallest absolute Gasteiger partial charge is 0.334 e. The van der Waals surface area contributed by atoms with E-state index in [4.69, 9.17) is 14.6 Å². The molecule has 0 aromatic heterocycles. The SMILES string of the molecule is O=C(O)[C@H]1CN(C(=O)[C@H]2Cc3cccc(F)c3O2)CCO1. The zero-order valence-electron chi connectivity index (χ0n) is 11.1. The van der Waals surface area contributed by atoms with Crippen LogP contribution in [-0.4, -0.2) is 53.8 Å². The van der Waals surface area contributed by atoms with E-state index >= 15 is 0 Å². The van der Waals surface area contributed by atoms with Crippen LogP contribution >= 0.6 is 0 Å². The normalized spacial score (nSPS) is 24.3. The Morgan fingerprint density at radius 2 is 2.14 bits per heavy atom. The lowest BCUT2D eigenvalue weighted by atomic mass is 10.1. The number of morpholine rings is 1. The summed E-state index contributed by atoms with van der Waals surface area (Å²) in [5, 5.41) is 8.94. The molecule has 112 valence electrons. The van der Waals surface area contributed by atoms with E-state index < -0.39 is 24.0 Å². The molecule has 2 aliphatic heterocycles. The van der Waals surface area contributed by atoms with Crippen LogP contribution in [0.4, 0.5) is 4.39 Å². The minimum atomic E-state index is -1.10. The van der Waals surface area contributed by atoms with Crippen molar-refractivity contribution in [1.29, 1.82) is 0 Å². The van der Waals surface area contributed by atoms with E-state index in [9.17, 15) is 14.0 Å². The summed E-state index contributed by atoms with van der Waals surface area (Å²) in [6, 6.07) is 4.56. The van der Waals surface area contributed by atoms with Gasteiger partial charge in [-0.1, -0.05) is 12.1 Å². The number of hydrogen-bond acceptors (Lipinski definition) is 4. The van der Waals surface area contributed by atoms with Gasteiger partial charge in [-0.3, -0.25) is 4.79 Å². The Morgan fingerprint density at radius 1 is 1.33 bits per heavy atom. The summed E-state index contributed by atoms with van der Waals surface area (Å²) in [5.41, 5.74) is 0.649. The number of nitrogens with zero attached hydrogens (tertiary/aromatic N) is 1. The van der Waals surface area contributed by atoms with Crippen LogP contribution in [-0.2, 0) is 20.7 Å². The third-order valence-electron chi connectivity index (χ3n) is 3.64. The topological polar surface area (TPSA) is 76.1 Å². The van der Waals surface area contributed by atoms with Gasteiger partial charge in [0, 0.05) is 18.5 Å². The Morgan fingerprint density at radius 3 is 2.86 bits per heavy atom. The van der Waals surface area contributed by atoms with Crippen molar-refractivity contribution >= 4 is 11.9 Å². The van der Waals surface area contributed by atoms with E-state index in [0.29, 0.717) is 18.5 Å². The molecule has 3 rings (SSSR count). The van der Waals surface area contributed by atoms with Gasteiger partial charge in [0.25, 0.3) is 5.91 Å². The third kappa shape index (κ3) is 2.56. The number of fused-ring (bicyclic) bond motifs is 1. The van der Waals surface area contributed by atoms with Crippen molar-refractivity contribution in [2.24, 2.45) is 0 Å². The Hall–Kier alpha value is -2.15. The molecule has 0 radical (unpaired) electrons. The molecule has 1 N–H and O–H groups in total. The van der Waals surface area contributed by atoms with Crippen LogP contribution in [0.5, 0.6) is 5.75 Å². The lowest BCUT2D eigenvalue weighted by molar-refractivity contribution is -0.161. The van der Waals surface area contributed by atoms with Crippen molar-refractivity contribution in [2.45, 2.75) is 18.6 Å². The number of carboxylic acids is 1. The molecule has 0 aliphatic carbocycles. The first-order valence-corrected chi connectivity index (χ1v) is 6.63. The molecule has 2 aliphatic rings. The highest BCUT2D eigenvalue weighted by Crippen LogP contribution is 2.32.